The molecule has 0 amide bonds. The minimum absolute atomic E-state index is 0.0242. The van der Waals surface area contributed by atoms with E-state index in [1.54, 1.807) is 0 Å². The zero-order valence-electron chi connectivity index (χ0n) is 11.8. The highest BCUT2D eigenvalue weighted by atomic mass is 35.5. The van der Waals surface area contributed by atoms with Crippen LogP contribution in [0.2, 0.25) is 0 Å². The number of nitrogens with zero attached hydrogens (tertiary/aromatic N) is 3. The monoisotopic (exact) mass is 285 g/mol. The highest BCUT2D eigenvalue weighted by molar-refractivity contribution is 6.29. The Hall–Kier alpha value is -1.74. The number of benzene rings is 1. The summed E-state index contributed by atoms with van der Waals surface area (Å²) in [6.45, 7) is 6.57. The molecule has 3 rings (SSSR count). The third-order valence-corrected chi connectivity index (χ3v) is 3.98. The van der Waals surface area contributed by atoms with Crippen LogP contribution in [0.25, 0.3) is 0 Å². The molecule has 102 valence electrons. The summed E-state index contributed by atoms with van der Waals surface area (Å²) >= 11 is 6.86. The van der Waals surface area contributed by atoms with Gasteiger partial charge in [0.05, 0.1) is 0 Å². The topological polar surface area (TPSA) is 37.1 Å². The lowest BCUT2D eigenvalue weighted by atomic mass is 9.78. The van der Waals surface area contributed by atoms with Crippen molar-refractivity contribution in [1.82, 2.24) is 0 Å². The molecule has 1 aromatic carbocycles. The van der Waals surface area contributed by atoms with Crippen LogP contribution < -0.4 is 0 Å². The fourth-order valence-electron chi connectivity index (χ4n) is 2.53. The highest BCUT2D eigenvalue weighted by Gasteiger charge is 2.34. The van der Waals surface area contributed by atoms with Gasteiger partial charge in [0.25, 0.3) is 0 Å². The summed E-state index contributed by atoms with van der Waals surface area (Å²) in [5.41, 5.74) is 3.85. The van der Waals surface area contributed by atoms with Crippen molar-refractivity contribution in [3.05, 3.63) is 59.3 Å². The highest BCUT2D eigenvalue weighted by Crippen LogP contribution is 2.42. The van der Waals surface area contributed by atoms with E-state index in [4.69, 9.17) is 11.6 Å². The molecule has 1 heterocycles. The molecule has 0 N–H and O–H groups in total. The van der Waals surface area contributed by atoms with Gasteiger partial charge in [0, 0.05) is 0 Å². The molecule has 1 aliphatic heterocycles. The van der Waals surface area contributed by atoms with Gasteiger partial charge in [0.15, 0.2) is 0 Å². The molecule has 4 heteroatoms. The Bertz CT molecular complexity index is 677. The lowest BCUT2D eigenvalue weighted by Gasteiger charge is -2.31. The number of rotatable bonds is 1. The van der Waals surface area contributed by atoms with E-state index in [2.05, 4.69) is 48.3 Å². The molecular weight excluding hydrogens is 270 g/mol. The number of hydrogen-bond donors (Lipinski definition) is 0. The van der Waals surface area contributed by atoms with Crippen molar-refractivity contribution in [1.29, 1.82) is 0 Å². The minimum Gasteiger partial charge on any atom is -0.129 e. The first-order chi connectivity index (χ1) is 9.40. The average Bonchev–Trinajstić information content (AvgIpc) is 2.85. The van der Waals surface area contributed by atoms with Crippen LogP contribution in [0, 0.1) is 0 Å². The third kappa shape index (κ3) is 2.12. The van der Waals surface area contributed by atoms with Gasteiger partial charge in [-0.3, -0.25) is 0 Å². The second-order valence-electron chi connectivity index (χ2n) is 6.10. The molecule has 1 atom stereocenters. The lowest BCUT2D eigenvalue weighted by molar-refractivity contribution is 0.579. The van der Waals surface area contributed by atoms with Crippen LogP contribution in [0.3, 0.4) is 0 Å². The Morgan fingerprint density at radius 2 is 1.90 bits per heavy atom. The Kier molecular flexibility index (Phi) is 2.91. The second-order valence-corrected chi connectivity index (χ2v) is 6.73. The van der Waals surface area contributed by atoms with Gasteiger partial charge >= 0.3 is 0 Å². The normalized spacial score (nSPS) is 24.4. The zero-order valence-corrected chi connectivity index (χ0v) is 12.5. The van der Waals surface area contributed by atoms with Crippen LogP contribution in [-0.2, 0) is 10.3 Å². The maximum absolute atomic E-state index is 6.86. The predicted molar refractivity (Wildman–Crippen MR) is 82.2 cm³/mol. The molecule has 1 aliphatic carbocycles. The van der Waals surface area contributed by atoms with Gasteiger partial charge in [-0.15, -0.1) is 21.8 Å². The van der Waals surface area contributed by atoms with E-state index >= 15 is 0 Å². The second kappa shape index (κ2) is 4.38. The molecule has 0 radical (unpaired) electrons. The van der Waals surface area contributed by atoms with Gasteiger partial charge in [-0.2, -0.15) is 0 Å². The van der Waals surface area contributed by atoms with E-state index in [1.165, 1.54) is 5.56 Å². The molecule has 0 saturated heterocycles. The molecule has 0 bridgehead atoms. The number of alkyl halides is 1. The van der Waals surface area contributed by atoms with Crippen molar-refractivity contribution in [2.45, 2.75) is 31.1 Å². The van der Waals surface area contributed by atoms with E-state index in [-0.39, 0.29) is 5.41 Å². The van der Waals surface area contributed by atoms with Crippen molar-refractivity contribution in [2.24, 2.45) is 15.4 Å². The zero-order chi connectivity index (χ0) is 14.4. The van der Waals surface area contributed by atoms with Crippen LogP contribution in [0.1, 0.15) is 31.9 Å². The van der Waals surface area contributed by atoms with E-state index in [0.29, 0.717) is 0 Å². The van der Waals surface area contributed by atoms with Gasteiger partial charge in [-0.25, -0.2) is 0 Å². The van der Waals surface area contributed by atoms with Crippen LogP contribution >= 0.6 is 11.6 Å². The van der Waals surface area contributed by atoms with Gasteiger partial charge in [0.2, 0.25) is 0 Å². The third-order valence-electron chi connectivity index (χ3n) is 3.55. The Balaban J connectivity index is 2.15. The van der Waals surface area contributed by atoms with E-state index in [1.807, 2.05) is 30.4 Å². The number of halogens is 1. The summed E-state index contributed by atoms with van der Waals surface area (Å²) in [5, 5.41) is 11.7. The molecule has 1 unspecified atom stereocenters. The first kappa shape index (κ1) is 13.3. The molecule has 0 fully saturated rings. The first-order valence-electron chi connectivity index (χ1n) is 6.60. The molecule has 3 nitrogen and oxygen atoms in total. The average molecular weight is 286 g/mol. The van der Waals surface area contributed by atoms with Crippen LogP contribution in [0.15, 0.2) is 63.6 Å². The lowest BCUT2D eigenvalue weighted by Crippen LogP contribution is -2.24. The molecule has 2 aliphatic rings. The standard InChI is InChI=1S/C16H16ClN3/c1-15(2,3)11-6-4-5-7-12(11)16(17)9-8-13-14(10-16)19-20-18-13/h4-10H,1-3H3. The summed E-state index contributed by atoms with van der Waals surface area (Å²) in [5.74, 6) is 0. The smallest absolute Gasteiger partial charge is 0.115 e. The largest absolute Gasteiger partial charge is 0.129 e. The number of fused-ring (bicyclic) bond motifs is 1. The Morgan fingerprint density at radius 1 is 1.15 bits per heavy atom. The maximum atomic E-state index is 6.86. The van der Waals surface area contributed by atoms with Crippen molar-refractivity contribution in [3.8, 4) is 0 Å². The maximum Gasteiger partial charge on any atom is 0.115 e. The molecule has 0 spiro atoms. The summed E-state index contributed by atoms with van der Waals surface area (Å²) in [7, 11) is 0. The minimum atomic E-state index is -0.693. The predicted octanol–water partition coefficient (Wildman–Crippen LogP) is 4.69. The van der Waals surface area contributed by atoms with Crippen molar-refractivity contribution < 1.29 is 0 Å². The molecule has 0 aromatic heterocycles. The van der Waals surface area contributed by atoms with Gasteiger partial charge in [-0.1, -0.05) is 51.1 Å². The van der Waals surface area contributed by atoms with Gasteiger partial charge < -0.3 is 0 Å². The van der Waals surface area contributed by atoms with Gasteiger partial charge in [0.1, 0.15) is 16.3 Å². The van der Waals surface area contributed by atoms with Crippen molar-refractivity contribution in [2.75, 3.05) is 0 Å². The quantitative estimate of drug-likeness (QED) is 0.671. The summed E-state index contributed by atoms with van der Waals surface area (Å²) in [4.78, 5) is -0.693. The SMILES string of the molecule is CC(C)(C)c1ccccc1C1(Cl)C=CC2=NN=NC2=C1. The summed E-state index contributed by atoms with van der Waals surface area (Å²) < 4.78 is 0. The van der Waals surface area contributed by atoms with Gasteiger partial charge in [-0.05, 0) is 33.9 Å². The van der Waals surface area contributed by atoms with E-state index in [0.717, 1.165) is 17.0 Å². The summed E-state index contributed by atoms with van der Waals surface area (Å²) in [6.07, 6.45) is 5.77. The number of hydrogen-bond acceptors (Lipinski definition) is 3. The fourth-order valence-corrected chi connectivity index (χ4v) is 2.86. The fraction of sp³-hybridized carbons (Fsp3) is 0.312. The van der Waals surface area contributed by atoms with E-state index in [9.17, 15) is 0 Å². The molecular formula is C16H16ClN3. The number of allylic oxidation sites excluding steroid dienone is 3. The van der Waals surface area contributed by atoms with Crippen LogP contribution in [0.5, 0.6) is 0 Å². The molecule has 0 saturated carbocycles. The molecule has 1 aromatic rings. The van der Waals surface area contributed by atoms with Crippen molar-refractivity contribution >= 4 is 17.3 Å². The Labute approximate surface area is 123 Å². The Morgan fingerprint density at radius 3 is 2.65 bits per heavy atom. The van der Waals surface area contributed by atoms with E-state index < -0.39 is 4.87 Å². The first-order valence-corrected chi connectivity index (χ1v) is 6.98. The van der Waals surface area contributed by atoms with Crippen LogP contribution in [-0.4, -0.2) is 5.71 Å². The molecule has 20 heavy (non-hydrogen) atoms. The van der Waals surface area contributed by atoms with Crippen molar-refractivity contribution in [3.63, 3.8) is 0 Å². The van der Waals surface area contributed by atoms with Crippen LogP contribution in [0.4, 0.5) is 0 Å². The summed E-state index contributed by atoms with van der Waals surface area (Å²) in [6, 6.07) is 8.27.